The Morgan fingerprint density at radius 1 is 0.467 bits per heavy atom. The van der Waals surface area contributed by atoms with Crippen molar-refractivity contribution < 1.29 is 0 Å². The maximum Gasteiger partial charge on any atom is 0.0495 e. The highest BCUT2D eigenvalue weighted by Crippen LogP contribution is 2.38. The Bertz CT molecular complexity index is 1320. The van der Waals surface area contributed by atoms with Gasteiger partial charge in [0, 0.05) is 28.9 Å². The van der Waals surface area contributed by atoms with Crippen LogP contribution in [0.15, 0.2) is 72.8 Å². The molecule has 1 heteroatoms. The second kappa shape index (κ2) is 6.88. The molecule has 4 aromatic carbocycles. The van der Waals surface area contributed by atoms with Gasteiger partial charge in [-0.2, -0.15) is 0 Å². The molecular weight excluding hydrogens is 362 g/mol. The average molecular weight is 390 g/mol. The van der Waals surface area contributed by atoms with Crippen LogP contribution in [0.1, 0.15) is 22.3 Å². The predicted molar refractivity (Wildman–Crippen MR) is 130 cm³/mol. The quantitative estimate of drug-likeness (QED) is 0.289. The van der Waals surface area contributed by atoms with Gasteiger partial charge in [0.2, 0.25) is 0 Å². The monoisotopic (exact) mass is 389 g/mol. The molecular formula is C29H27N. The number of aryl methyl sites for hydroxylation is 5. The van der Waals surface area contributed by atoms with Crippen molar-refractivity contribution in [1.82, 2.24) is 4.57 Å². The van der Waals surface area contributed by atoms with E-state index in [9.17, 15) is 0 Å². The zero-order chi connectivity index (χ0) is 21.0. The summed E-state index contributed by atoms with van der Waals surface area (Å²) in [4.78, 5) is 0. The molecule has 0 aliphatic carbocycles. The molecule has 0 N–H and O–H groups in total. The lowest BCUT2D eigenvalue weighted by Gasteiger charge is -2.10. The highest BCUT2D eigenvalue weighted by Gasteiger charge is 2.15. The summed E-state index contributed by atoms with van der Waals surface area (Å²) >= 11 is 0. The van der Waals surface area contributed by atoms with E-state index in [2.05, 4.69) is 112 Å². The lowest BCUT2D eigenvalue weighted by atomic mass is 9.93. The number of benzene rings is 4. The molecule has 0 fully saturated rings. The topological polar surface area (TPSA) is 4.93 Å². The Morgan fingerprint density at radius 2 is 0.867 bits per heavy atom. The van der Waals surface area contributed by atoms with Crippen LogP contribution in [0.2, 0.25) is 0 Å². The third-order valence-electron chi connectivity index (χ3n) is 6.57. The maximum absolute atomic E-state index is 2.37. The highest BCUT2D eigenvalue weighted by atomic mass is 14.9. The van der Waals surface area contributed by atoms with E-state index in [4.69, 9.17) is 0 Å². The molecule has 0 aliphatic rings. The molecule has 5 aromatic rings. The molecule has 0 saturated heterocycles. The minimum Gasteiger partial charge on any atom is -0.344 e. The molecule has 1 nitrogen and oxygen atoms in total. The first kappa shape index (κ1) is 18.7. The number of rotatable bonds is 2. The molecule has 148 valence electrons. The normalized spacial score (nSPS) is 11.5. The lowest BCUT2D eigenvalue weighted by Crippen LogP contribution is -1.91. The van der Waals surface area contributed by atoms with E-state index in [0.29, 0.717) is 0 Å². The summed E-state index contributed by atoms with van der Waals surface area (Å²) in [5.74, 6) is 0. The predicted octanol–water partition coefficient (Wildman–Crippen LogP) is 7.90. The van der Waals surface area contributed by atoms with Crippen LogP contribution in [0.25, 0.3) is 44.1 Å². The second-order valence-corrected chi connectivity index (χ2v) is 8.56. The molecule has 0 unspecified atom stereocenters. The summed E-state index contributed by atoms with van der Waals surface area (Å²) in [5, 5.41) is 2.67. The van der Waals surface area contributed by atoms with Crippen LogP contribution < -0.4 is 0 Å². The number of fused-ring (bicyclic) bond motifs is 3. The van der Waals surface area contributed by atoms with Crippen molar-refractivity contribution >= 4 is 21.8 Å². The van der Waals surface area contributed by atoms with Crippen molar-refractivity contribution in [2.24, 2.45) is 7.05 Å². The first-order valence-corrected chi connectivity index (χ1v) is 10.6. The smallest absolute Gasteiger partial charge is 0.0495 e. The zero-order valence-electron chi connectivity index (χ0n) is 18.4. The zero-order valence-corrected chi connectivity index (χ0v) is 18.4. The van der Waals surface area contributed by atoms with Gasteiger partial charge in [0.05, 0.1) is 0 Å². The Kier molecular flexibility index (Phi) is 4.29. The van der Waals surface area contributed by atoms with E-state index in [0.717, 1.165) is 0 Å². The van der Waals surface area contributed by atoms with Gasteiger partial charge in [-0.3, -0.25) is 0 Å². The molecule has 30 heavy (non-hydrogen) atoms. The van der Waals surface area contributed by atoms with Gasteiger partial charge in [-0.25, -0.2) is 0 Å². The molecule has 0 saturated carbocycles. The van der Waals surface area contributed by atoms with Gasteiger partial charge >= 0.3 is 0 Å². The largest absolute Gasteiger partial charge is 0.344 e. The summed E-state index contributed by atoms with van der Waals surface area (Å²) in [6.07, 6.45) is 0. The molecule has 1 aromatic heterocycles. The van der Waals surface area contributed by atoms with Gasteiger partial charge in [-0.05, 0) is 96.5 Å². The summed E-state index contributed by atoms with van der Waals surface area (Å²) in [7, 11) is 2.19. The van der Waals surface area contributed by atoms with E-state index in [-0.39, 0.29) is 0 Å². The van der Waals surface area contributed by atoms with Gasteiger partial charge in [0.25, 0.3) is 0 Å². The van der Waals surface area contributed by atoms with Crippen LogP contribution in [-0.4, -0.2) is 4.57 Å². The SMILES string of the molecule is Cc1ccccc1-c1cc2c(cc1C)c1cc(C)c(-c3ccccc3C)cc1n2C. The van der Waals surface area contributed by atoms with Crippen LogP contribution in [0.5, 0.6) is 0 Å². The molecule has 0 atom stereocenters. The molecule has 0 spiro atoms. The minimum absolute atomic E-state index is 1.29. The molecule has 0 aliphatic heterocycles. The molecule has 0 radical (unpaired) electrons. The summed E-state index contributed by atoms with van der Waals surface area (Å²) < 4.78 is 2.35. The molecule has 0 bridgehead atoms. The summed E-state index contributed by atoms with van der Waals surface area (Å²) in [6.45, 7) is 8.85. The first-order valence-electron chi connectivity index (χ1n) is 10.6. The lowest BCUT2D eigenvalue weighted by molar-refractivity contribution is 1.01. The van der Waals surface area contributed by atoms with Crippen molar-refractivity contribution in [3.8, 4) is 22.3 Å². The van der Waals surface area contributed by atoms with Gasteiger partial charge in [-0.1, -0.05) is 48.5 Å². The number of hydrogen-bond acceptors (Lipinski definition) is 0. The third kappa shape index (κ3) is 2.77. The van der Waals surface area contributed by atoms with Crippen LogP contribution in [0, 0.1) is 27.7 Å². The minimum atomic E-state index is 1.29. The van der Waals surface area contributed by atoms with Crippen molar-refractivity contribution in [3.63, 3.8) is 0 Å². The number of hydrogen-bond donors (Lipinski definition) is 0. The van der Waals surface area contributed by atoms with Crippen molar-refractivity contribution in [3.05, 3.63) is 95.1 Å². The average Bonchev–Trinajstić information content (AvgIpc) is 2.98. The van der Waals surface area contributed by atoms with Gasteiger partial charge in [0.1, 0.15) is 0 Å². The highest BCUT2D eigenvalue weighted by molar-refractivity contribution is 6.11. The molecule has 5 rings (SSSR count). The maximum atomic E-state index is 2.37. The summed E-state index contributed by atoms with van der Waals surface area (Å²) in [6, 6.07) is 26.8. The van der Waals surface area contributed by atoms with Crippen molar-refractivity contribution in [1.29, 1.82) is 0 Å². The summed E-state index contributed by atoms with van der Waals surface area (Å²) in [5.41, 5.74) is 13.1. The van der Waals surface area contributed by atoms with Crippen LogP contribution in [-0.2, 0) is 7.05 Å². The molecule has 1 heterocycles. The van der Waals surface area contributed by atoms with Gasteiger partial charge in [-0.15, -0.1) is 0 Å². The Morgan fingerprint density at radius 3 is 1.27 bits per heavy atom. The Balaban J connectivity index is 1.81. The third-order valence-corrected chi connectivity index (χ3v) is 6.57. The fourth-order valence-corrected chi connectivity index (χ4v) is 4.84. The van der Waals surface area contributed by atoms with Gasteiger partial charge < -0.3 is 4.57 Å². The number of nitrogens with zero attached hydrogens (tertiary/aromatic N) is 1. The van der Waals surface area contributed by atoms with Gasteiger partial charge in [0.15, 0.2) is 0 Å². The van der Waals surface area contributed by atoms with E-state index < -0.39 is 0 Å². The first-order chi connectivity index (χ1) is 14.5. The van der Waals surface area contributed by atoms with Crippen LogP contribution in [0.3, 0.4) is 0 Å². The van der Waals surface area contributed by atoms with E-state index >= 15 is 0 Å². The number of aromatic nitrogens is 1. The van der Waals surface area contributed by atoms with E-state index in [1.54, 1.807) is 0 Å². The van der Waals surface area contributed by atoms with Crippen LogP contribution >= 0.6 is 0 Å². The Hall–Kier alpha value is -3.32. The Labute approximate surface area is 178 Å². The van der Waals surface area contributed by atoms with E-state index in [1.807, 2.05) is 0 Å². The fourth-order valence-electron chi connectivity index (χ4n) is 4.84. The van der Waals surface area contributed by atoms with Crippen LogP contribution in [0.4, 0.5) is 0 Å². The fraction of sp³-hybridized carbons (Fsp3) is 0.172. The second-order valence-electron chi connectivity index (χ2n) is 8.56. The van der Waals surface area contributed by atoms with E-state index in [1.165, 1.54) is 66.3 Å². The molecule has 0 amide bonds. The van der Waals surface area contributed by atoms with Crippen molar-refractivity contribution in [2.75, 3.05) is 0 Å². The van der Waals surface area contributed by atoms with Crippen molar-refractivity contribution in [2.45, 2.75) is 27.7 Å². The standard InChI is InChI=1S/C29H27N/c1-18-10-6-8-12-22(18)24-16-28-26(14-20(24)3)27-15-21(4)25(17-29(27)30(28)5)23-13-9-7-11-19(23)2/h6-17H,1-5H3.